The molecule has 0 amide bonds. The van der Waals surface area contributed by atoms with Gasteiger partial charge in [-0.3, -0.25) is 9.36 Å². The van der Waals surface area contributed by atoms with E-state index in [9.17, 15) is 4.79 Å². The molecule has 200 valence electrons. The van der Waals surface area contributed by atoms with Crippen molar-refractivity contribution in [3.63, 3.8) is 0 Å². The van der Waals surface area contributed by atoms with E-state index in [4.69, 9.17) is 36.1 Å². The summed E-state index contributed by atoms with van der Waals surface area (Å²) in [6, 6.07) is 8.39. The van der Waals surface area contributed by atoms with Crippen LogP contribution in [0.1, 0.15) is 33.4 Å². The highest BCUT2D eigenvalue weighted by Crippen LogP contribution is 2.47. The van der Waals surface area contributed by atoms with Crippen molar-refractivity contribution in [1.82, 2.24) is 24.6 Å². The van der Waals surface area contributed by atoms with E-state index in [1.807, 2.05) is 22.8 Å². The summed E-state index contributed by atoms with van der Waals surface area (Å²) in [6.45, 7) is 2.77. The predicted molar refractivity (Wildman–Crippen MR) is 144 cm³/mol. The van der Waals surface area contributed by atoms with Crippen molar-refractivity contribution in [1.29, 1.82) is 0 Å². The van der Waals surface area contributed by atoms with Crippen molar-refractivity contribution in [2.75, 3.05) is 31.3 Å². The first kappa shape index (κ1) is 27.2. The fourth-order valence-corrected chi connectivity index (χ4v) is 6.54. The van der Waals surface area contributed by atoms with Gasteiger partial charge in [-0.25, -0.2) is 10.1 Å². The zero-order chi connectivity index (χ0) is 26.6. The number of imidazole rings is 1. The number of aromatic nitrogens is 4. The van der Waals surface area contributed by atoms with Crippen LogP contribution in [-0.4, -0.2) is 57.9 Å². The molecule has 1 saturated heterocycles. The van der Waals surface area contributed by atoms with E-state index >= 15 is 0 Å². The summed E-state index contributed by atoms with van der Waals surface area (Å²) in [6.07, 6.45) is 1.77. The number of rotatable bonds is 11. The minimum Gasteiger partial charge on any atom is -0.465 e. The second kappa shape index (κ2) is 11.7. The largest absolute Gasteiger partial charge is 0.465 e. The maximum Gasteiger partial charge on any atom is 0.323 e. The third-order valence-corrected chi connectivity index (χ3v) is 8.29. The highest BCUT2D eigenvalue weighted by Gasteiger charge is 2.37. The molecule has 0 radical (unpaired) electrons. The van der Waals surface area contributed by atoms with Crippen LogP contribution in [0.5, 0.6) is 5.75 Å². The third-order valence-electron chi connectivity index (χ3n) is 5.79. The molecule has 4 N–H and O–H groups in total. The topological polar surface area (TPSA) is 148 Å². The van der Waals surface area contributed by atoms with E-state index in [1.54, 1.807) is 39.4 Å². The zero-order valence-corrected chi connectivity index (χ0v) is 22.9. The number of anilines is 2. The van der Waals surface area contributed by atoms with Crippen molar-refractivity contribution in [3.05, 3.63) is 36.7 Å². The molecule has 0 aliphatic carbocycles. The Morgan fingerprint density at radius 3 is 2.81 bits per heavy atom. The molecule has 0 bridgehead atoms. The van der Waals surface area contributed by atoms with Gasteiger partial charge in [-0.1, -0.05) is 25.1 Å². The van der Waals surface area contributed by atoms with Gasteiger partial charge in [0, 0.05) is 13.0 Å². The number of nitrogens with two attached hydrogens (primary N) is 1. The SMILES string of the molecule is CCOC(=O)[C@H](C)N[P@](=S)(OC[C@@H]1C[C@H](C)[C@H](n2cnc3c(NC)nc(N)nc32)O1)Oc1ccccc1. The van der Waals surface area contributed by atoms with Crippen LogP contribution in [-0.2, 0) is 30.6 Å². The van der Waals surface area contributed by atoms with Gasteiger partial charge in [0.15, 0.2) is 17.0 Å². The monoisotopic (exact) mass is 549 g/mol. The highest BCUT2D eigenvalue weighted by atomic mass is 32.5. The average Bonchev–Trinajstić information content (AvgIpc) is 3.45. The maximum absolute atomic E-state index is 12.2. The fraction of sp³-hybridized carbons (Fsp3) is 0.478. The molecule has 3 heterocycles. The Labute approximate surface area is 220 Å². The molecule has 1 aliphatic rings. The number of carbonyl (C=O) groups is 1. The number of fused-ring (bicyclic) bond motifs is 1. The van der Waals surface area contributed by atoms with E-state index in [1.165, 1.54) is 0 Å². The highest BCUT2D eigenvalue weighted by molar-refractivity contribution is 8.09. The number of para-hydroxylation sites is 1. The number of nitrogens with one attached hydrogen (secondary N) is 2. The van der Waals surface area contributed by atoms with Gasteiger partial charge in [0.2, 0.25) is 5.95 Å². The van der Waals surface area contributed by atoms with Crippen molar-refractivity contribution in [2.24, 2.45) is 5.92 Å². The molecule has 0 unspecified atom stereocenters. The number of benzene rings is 1. The number of ether oxygens (including phenoxy) is 2. The number of esters is 1. The molecular formula is C23H32N7O5PS. The van der Waals surface area contributed by atoms with E-state index in [2.05, 4.69) is 32.3 Å². The predicted octanol–water partition coefficient (Wildman–Crippen LogP) is 3.24. The Morgan fingerprint density at radius 1 is 1.35 bits per heavy atom. The van der Waals surface area contributed by atoms with E-state index in [0.717, 1.165) is 0 Å². The van der Waals surface area contributed by atoms with Gasteiger partial charge in [0.1, 0.15) is 18.0 Å². The Hall–Kier alpha value is -2.83. The lowest BCUT2D eigenvalue weighted by Gasteiger charge is -2.27. The lowest BCUT2D eigenvalue weighted by Crippen LogP contribution is -2.35. The van der Waals surface area contributed by atoms with Crippen LogP contribution >= 0.6 is 6.64 Å². The molecule has 1 fully saturated rings. The molecule has 3 aromatic rings. The molecule has 0 saturated carbocycles. The maximum atomic E-state index is 12.2. The van der Waals surface area contributed by atoms with Gasteiger partial charge < -0.3 is 29.6 Å². The minimum atomic E-state index is -3.15. The van der Waals surface area contributed by atoms with Crippen LogP contribution in [0.25, 0.3) is 11.2 Å². The normalized spacial score (nSPS) is 21.9. The first-order valence-corrected chi connectivity index (χ1v) is 14.6. The smallest absolute Gasteiger partial charge is 0.323 e. The van der Waals surface area contributed by atoms with Crippen molar-refractivity contribution in [2.45, 2.75) is 45.6 Å². The first-order valence-electron chi connectivity index (χ1n) is 12.0. The molecule has 1 aromatic carbocycles. The second-order valence-electron chi connectivity index (χ2n) is 8.67. The Bertz CT molecular complexity index is 1280. The third kappa shape index (κ3) is 6.36. The minimum absolute atomic E-state index is 0.125. The van der Waals surface area contributed by atoms with Crippen LogP contribution in [0.2, 0.25) is 0 Å². The molecule has 1 aliphatic heterocycles. The van der Waals surface area contributed by atoms with E-state index in [0.29, 0.717) is 29.2 Å². The number of carbonyl (C=O) groups excluding carboxylic acids is 1. The van der Waals surface area contributed by atoms with Crippen molar-refractivity contribution in [3.8, 4) is 5.75 Å². The van der Waals surface area contributed by atoms with Crippen LogP contribution in [0.15, 0.2) is 36.7 Å². The summed E-state index contributed by atoms with van der Waals surface area (Å²) < 4.78 is 25.5. The van der Waals surface area contributed by atoms with Gasteiger partial charge >= 0.3 is 12.6 Å². The summed E-state index contributed by atoms with van der Waals surface area (Å²) in [4.78, 5) is 25.3. The summed E-state index contributed by atoms with van der Waals surface area (Å²) in [5.74, 6) is 0.920. The first-order chi connectivity index (χ1) is 17.7. The number of nitrogens with zero attached hydrogens (tertiary/aromatic N) is 4. The summed E-state index contributed by atoms with van der Waals surface area (Å²) >= 11 is 5.78. The van der Waals surface area contributed by atoms with Gasteiger partial charge in [0.05, 0.1) is 25.6 Å². The molecule has 0 spiro atoms. The van der Waals surface area contributed by atoms with E-state index in [-0.39, 0.29) is 37.4 Å². The van der Waals surface area contributed by atoms with Crippen molar-refractivity contribution < 1.29 is 23.3 Å². The Kier molecular flexibility index (Phi) is 8.60. The fourth-order valence-electron chi connectivity index (χ4n) is 4.11. The van der Waals surface area contributed by atoms with Gasteiger partial charge in [-0.05, 0) is 44.2 Å². The number of nitrogen functional groups attached to an aromatic ring is 1. The van der Waals surface area contributed by atoms with Crippen LogP contribution in [0, 0.1) is 5.92 Å². The molecule has 5 atom stereocenters. The van der Waals surface area contributed by atoms with Crippen molar-refractivity contribution >= 4 is 47.3 Å². The zero-order valence-electron chi connectivity index (χ0n) is 21.2. The van der Waals surface area contributed by atoms with Crippen LogP contribution in [0.4, 0.5) is 11.8 Å². The quantitative estimate of drug-likeness (QED) is 0.238. The summed E-state index contributed by atoms with van der Waals surface area (Å²) in [5.41, 5.74) is 7.09. The second-order valence-corrected chi connectivity index (χ2v) is 11.8. The lowest BCUT2D eigenvalue weighted by atomic mass is 10.1. The number of hydrogen-bond acceptors (Lipinski definition) is 11. The molecule has 4 rings (SSSR count). The van der Waals surface area contributed by atoms with Gasteiger partial charge in [-0.2, -0.15) is 9.97 Å². The number of hydrogen-bond donors (Lipinski definition) is 3. The van der Waals surface area contributed by atoms with Crippen LogP contribution in [0.3, 0.4) is 0 Å². The summed E-state index contributed by atoms with van der Waals surface area (Å²) in [7, 11) is 1.75. The average molecular weight is 550 g/mol. The van der Waals surface area contributed by atoms with Gasteiger partial charge in [-0.15, -0.1) is 0 Å². The van der Waals surface area contributed by atoms with Crippen LogP contribution < -0.4 is 20.7 Å². The van der Waals surface area contributed by atoms with Gasteiger partial charge in [0.25, 0.3) is 0 Å². The molecule has 2 aromatic heterocycles. The summed E-state index contributed by atoms with van der Waals surface area (Å²) in [5, 5.41) is 6.04. The molecule has 14 heteroatoms. The van der Waals surface area contributed by atoms with E-state index < -0.39 is 18.7 Å². The molecule has 12 nitrogen and oxygen atoms in total. The Balaban J connectivity index is 1.48. The molecule has 37 heavy (non-hydrogen) atoms. The Morgan fingerprint density at radius 2 is 2.11 bits per heavy atom. The lowest BCUT2D eigenvalue weighted by molar-refractivity contribution is -0.144. The standard InChI is InChI=1S/C23H32N7O5PS/c1-5-32-22(31)15(3)29-36(37,35-16-9-7-6-8-10-16)33-12-17-11-14(2)21(34-17)30-13-26-18-19(25-4)27-23(24)28-20(18)30/h6-10,13-15,17,21H,5,11-12H2,1-4H3,(H,29,37)(H3,24,25,27,28)/t14-,15-,17-,21+,36-/m0/s1. The molecular weight excluding hydrogens is 517 g/mol.